The first-order valence-electron chi connectivity index (χ1n) is 7.62. The first-order valence-corrected chi connectivity index (χ1v) is 7.62. The average Bonchev–Trinajstić information content (AvgIpc) is 2.33. The van der Waals surface area contributed by atoms with E-state index in [9.17, 15) is 5.11 Å². The standard InChI is InChI=1S/C15H31NO3/c1-11(2)7-12(3)19-10-15(17)9-16-14-5-6-18-13(4)8-14/h11-17H,5-10H2,1-4H3. The molecule has 19 heavy (non-hydrogen) atoms. The summed E-state index contributed by atoms with van der Waals surface area (Å²) in [6.07, 6.45) is 3.22. The predicted octanol–water partition coefficient (Wildman–Crippen LogP) is 1.96. The zero-order valence-corrected chi connectivity index (χ0v) is 12.9. The molecule has 0 aromatic carbocycles. The second-order valence-electron chi connectivity index (χ2n) is 6.24. The van der Waals surface area contributed by atoms with Crippen molar-refractivity contribution < 1.29 is 14.6 Å². The number of aliphatic hydroxyl groups excluding tert-OH is 1. The highest BCUT2D eigenvalue weighted by Gasteiger charge is 2.19. The quantitative estimate of drug-likeness (QED) is 0.710. The molecule has 1 saturated heterocycles. The molecule has 1 aliphatic heterocycles. The molecular weight excluding hydrogens is 242 g/mol. The maximum Gasteiger partial charge on any atom is 0.0897 e. The molecule has 1 aliphatic rings. The van der Waals surface area contributed by atoms with Gasteiger partial charge < -0.3 is 19.9 Å². The van der Waals surface area contributed by atoms with Gasteiger partial charge in [-0.25, -0.2) is 0 Å². The highest BCUT2D eigenvalue weighted by atomic mass is 16.5. The SMILES string of the molecule is CC(C)CC(C)OCC(O)CNC1CCOC(C)C1. The van der Waals surface area contributed by atoms with E-state index in [0.717, 1.165) is 25.9 Å². The van der Waals surface area contributed by atoms with Crippen LogP contribution in [0.25, 0.3) is 0 Å². The van der Waals surface area contributed by atoms with Gasteiger partial charge in [0.2, 0.25) is 0 Å². The van der Waals surface area contributed by atoms with Crippen LogP contribution in [-0.2, 0) is 9.47 Å². The molecule has 1 heterocycles. The first-order chi connectivity index (χ1) is 8.97. The van der Waals surface area contributed by atoms with Crippen molar-refractivity contribution in [3.63, 3.8) is 0 Å². The lowest BCUT2D eigenvalue weighted by Gasteiger charge is -2.29. The van der Waals surface area contributed by atoms with Crippen LogP contribution >= 0.6 is 0 Å². The van der Waals surface area contributed by atoms with Crippen LogP contribution in [0.4, 0.5) is 0 Å². The van der Waals surface area contributed by atoms with Crippen LogP contribution in [0.5, 0.6) is 0 Å². The third-order valence-corrected chi connectivity index (χ3v) is 3.50. The van der Waals surface area contributed by atoms with Crippen LogP contribution < -0.4 is 5.32 Å². The van der Waals surface area contributed by atoms with E-state index in [2.05, 4.69) is 33.0 Å². The molecule has 4 heteroatoms. The van der Waals surface area contributed by atoms with Gasteiger partial charge in [-0.15, -0.1) is 0 Å². The van der Waals surface area contributed by atoms with Gasteiger partial charge in [-0.1, -0.05) is 13.8 Å². The van der Waals surface area contributed by atoms with Gasteiger partial charge in [-0.05, 0) is 39.0 Å². The molecule has 0 amide bonds. The summed E-state index contributed by atoms with van der Waals surface area (Å²) < 4.78 is 11.2. The summed E-state index contributed by atoms with van der Waals surface area (Å²) in [6, 6.07) is 0.464. The number of aliphatic hydroxyl groups is 1. The zero-order chi connectivity index (χ0) is 14.3. The lowest BCUT2D eigenvalue weighted by Crippen LogP contribution is -2.42. The molecule has 4 unspecified atom stereocenters. The molecule has 0 aromatic heterocycles. The highest BCUT2D eigenvalue weighted by Crippen LogP contribution is 2.13. The van der Waals surface area contributed by atoms with Crippen molar-refractivity contribution in [3.05, 3.63) is 0 Å². The Morgan fingerprint density at radius 1 is 1.37 bits per heavy atom. The van der Waals surface area contributed by atoms with E-state index in [1.807, 2.05) is 0 Å². The number of ether oxygens (including phenoxy) is 2. The van der Waals surface area contributed by atoms with Gasteiger partial charge in [0.25, 0.3) is 0 Å². The van der Waals surface area contributed by atoms with Crippen LogP contribution in [0.2, 0.25) is 0 Å². The smallest absolute Gasteiger partial charge is 0.0897 e. The summed E-state index contributed by atoms with van der Waals surface area (Å²) in [5.41, 5.74) is 0. The minimum atomic E-state index is -0.423. The molecule has 0 spiro atoms. The van der Waals surface area contributed by atoms with Gasteiger partial charge in [0, 0.05) is 19.2 Å². The molecule has 4 nitrogen and oxygen atoms in total. The zero-order valence-electron chi connectivity index (χ0n) is 12.9. The number of nitrogens with one attached hydrogen (secondary N) is 1. The van der Waals surface area contributed by atoms with Crippen LogP contribution in [0.15, 0.2) is 0 Å². The van der Waals surface area contributed by atoms with E-state index >= 15 is 0 Å². The summed E-state index contributed by atoms with van der Waals surface area (Å²) >= 11 is 0. The van der Waals surface area contributed by atoms with Gasteiger partial charge in [0.05, 0.1) is 24.9 Å². The lowest BCUT2D eigenvalue weighted by atomic mass is 10.0. The van der Waals surface area contributed by atoms with Gasteiger partial charge in [-0.3, -0.25) is 0 Å². The second-order valence-corrected chi connectivity index (χ2v) is 6.24. The fraction of sp³-hybridized carbons (Fsp3) is 1.00. The molecular formula is C15H31NO3. The largest absolute Gasteiger partial charge is 0.389 e. The number of hydrogen-bond acceptors (Lipinski definition) is 4. The molecule has 1 rings (SSSR count). The van der Waals surface area contributed by atoms with E-state index in [0.29, 0.717) is 31.2 Å². The molecule has 0 saturated carbocycles. The molecule has 0 radical (unpaired) electrons. The summed E-state index contributed by atoms with van der Waals surface area (Å²) in [4.78, 5) is 0. The number of rotatable bonds is 8. The van der Waals surface area contributed by atoms with Crippen molar-refractivity contribution in [1.82, 2.24) is 5.32 Å². The summed E-state index contributed by atoms with van der Waals surface area (Å²) in [5, 5.41) is 13.3. The molecule has 114 valence electrons. The summed E-state index contributed by atoms with van der Waals surface area (Å²) in [5.74, 6) is 0.633. The van der Waals surface area contributed by atoms with Crippen molar-refractivity contribution in [2.24, 2.45) is 5.92 Å². The van der Waals surface area contributed by atoms with Crippen molar-refractivity contribution in [3.8, 4) is 0 Å². The monoisotopic (exact) mass is 273 g/mol. The van der Waals surface area contributed by atoms with Crippen molar-refractivity contribution in [2.75, 3.05) is 19.8 Å². The molecule has 0 aromatic rings. The van der Waals surface area contributed by atoms with Crippen LogP contribution in [0.3, 0.4) is 0 Å². The maximum absolute atomic E-state index is 9.91. The van der Waals surface area contributed by atoms with Crippen LogP contribution in [0, 0.1) is 5.92 Å². The molecule has 1 fully saturated rings. The van der Waals surface area contributed by atoms with Crippen molar-refractivity contribution in [1.29, 1.82) is 0 Å². The Labute approximate surface area is 117 Å². The van der Waals surface area contributed by atoms with Gasteiger partial charge >= 0.3 is 0 Å². The van der Waals surface area contributed by atoms with Gasteiger partial charge in [-0.2, -0.15) is 0 Å². The Hall–Kier alpha value is -0.160. The third-order valence-electron chi connectivity index (χ3n) is 3.50. The first kappa shape index (κ1) is 16.9. The van der Waals surface area contributed by atoms with E-state index in [4.69, 9.17) is 9.47 Å². The summed E-state index contributed by atoms with van der Waals surface area (Å²) in [7, 11) is 0. The fourth-order valence-corrected chi connectivity index (χ4v) is 2.55. The van der Waals surface area contributed by atoms with Gasteiger partial charge in [0.15, 0.2) is 0 Å². The highest BCUT2D eigenvalue weighted by molar-refractivity contribution is 4.75. The molecule has 0 aliphatic carbocycles. The minimum Gasteiger partial charge on any atom is -0.389 e. The molecule has 2 N–H and O–H groups in total. The fourth-order valence-electron chi connectivity index (χ4n) is 2.55. The van der Waals surface area contributed by atoms with E-state index in [1.165, 1.54) is 0 Å². The van der Waals surface area contributed by atoms with Crippen molar-refractivity contribution in [2.45, 2.75) is 71.3 Å². The Kier molecular flexibility index (Phi) is 7.91. The Balaban J connectivity index is 2.08. The van der Waals surface area contributed by atoms with Gasteiger partial charge in [0.1, 0.15) is 0 Å². The van der Waals surface area contributed by atoms with Crippen LogP contribution in [0.1, 0.15) is 47.0 Å². The number of hydrogen-bond donors (Lipinski definition) is 2. The Bertz CT molecular complexity index is 235. The predicted molar refractivity (Wildman–Crippen MR) is 77.3 cm³/mol. The summed E-state index contributed by atoms with van der Waals surface area (Å²) in [6.45, 7) is 10.4. The Morgan fingerprint density at radius 3 is 2.74 bits per heavy atom. The third kappa shape index (κ3) is 7.88. The molecule has 0 bridgehead atoms. The minimum absolute atomic E-state index is 0.220. The van der Waals surface area contributed by atoms with Crippen molar-refractivity contribution >= 4 is 0 Å². The Morgan fingerprint density at radius 2 is 2.11 bits per heavy atom. The second kappa shape index (κ2) is 8.90. The maximum atomic E-state index is 9.91. The van der Waals surface area contributed by atoms with E-state index in [-0.39, 0.29) is 6.10 Å². The van der Waals surface area contributed by atoms with E-state index < -0.39 is 6.10 Å². The molecule has 4 atom stereocenters. The van der Waals surface area contributed by atoms with Crippen LogP contribution in [-0.4, -0.2) is 49.2 Å². The average molecular weight is 273 g/mol. The normalized spacial score (nSPS) is 27.5. The topological polar surface area (TPSA) is 50.7 Å². The van der Waals surface area contributed by atoms with E-state index in [1.54, 1.807) is 0 Å². The lowest BCUT2D eigenvalue weighted by molar-refractivity contribution is -0.0154.